The molecule has 104 valence electrons. The SMILES string of the molecule is Cc1[nH]c2ccccc2c1C1=CCC(OC(N)=O)CC1. The van der Waals surface area contributed by atoms with Gasteiger partial charge >= 0.3 is 6.09 Å². The number of nitrogens with two attached hydrogens (primary N) is 1. The zero-order chi connectivity index (χ0) is 14.1. The lowest BCUT2D eigenvalue weighted by Gasteiger charge is -2.21. The van der Waals surface area contributed by atoms with Crippen LogP contribution < -0.4 is 5.73 Å². The van der Waals surface area contributed by atoms with E-state index in [2.05, 4.69) is 36.2 Å². The van der Waals surface area contributed by atoms with Crippen LogP contribution in [0.1, 0.15) is 30.5 Å². The van der Waals surface area contributed by atoms with Crippen molar-refractivity contribution < 1.29 is 9.53 Å². The van der Waals surface area contributed by atoms with Gasteiger partial charge in [-0.3, -0.25) is 0 Å². The molecule has 1 aromatic carbocycles. The van der Waals surface area contributed by atoms with E-state index in [4.69, 9.17) is 10.5 Å². The van der Waals surface area contributed by atoms with Gasteiger partial charge in [0.15, 0.2) is 0 Å². The fourth-order valence-corrected chi connectivity index (χ4v) is 3.00. The maximum Gasteiger partial charge on any atom is 0.404 e. The summed E-state index contributed by atoms with van der Waals surface area (Å²) in [6, 6.07) is 8.32. The van der Waals surface area contributed by atoms with Crippen LogP contribution in [0.15, 0.2) is 30.3 Å². The highest BCUT2D eigenvalue weighted by atomic mass is 16.6. The lowest BCUT2D eigenvalue weighted by atomic mass is 9.90. The number of hydrogen-bond acceptors (Lipinski definition) is 2. The summed E-state index contributed by atoms with van der Waals surface area (Å²) in [7, 11) is 0. The molecule has 3 N–H and O–H groups in total. The first kappa shape index (κ1) is 12.8. The Balaban J connectivity index is 1.91. The molecule has 1 aliphatic rings. The molecule has 20 heavy (non-hydrogen) atoms. The Morgan fingerprint density at radius 3 is 2.90 bits per heavy atom. The maximum absolute atomic E-state index is 10.8. The van der Waals surface area contributed by atoms with E-state index in [0.717, 1.165) is 24.8 Å². The van der Waals surface area contributed by atoms with E-state index < -0.39 is 6.09 Å². The van der Waals surface area contributed by atoms with E-state index in [9.17, 15) is 4.79 Å². The molecular weight excluding hydrogens is 252 g/mol. The predicted octanol–water partition coefficient (Wildman–Crippen LogP) is 3.51. The van der Waals surface area contributed by atoms with Crippen LogP contribution in [0.4, 0.5) is 4.79 Å². The second kappa shape index (κ2) is 5.04. The largest absolute Gasteiger partial charge is 0.446 e. The minimum Gasteiger partial charge on any atom is -0.446 e. The molecule has 1 aliphatic carbocycles. The summed E-state index contributed by atoms with van der Waals surface area (Å²) in [5, 5.41) is 1.26. The normalized spacial score (nSPS) is 18.9. The molecule has 4 nitrogen and oxygen atoms in total. The van der Waals surface area contributed by atoms with Gasteiger partial charge in [0.2, 0.25) is 0 Å². The number of nitrogens with one attached hydrogen (secondary N) is 1. The Bertz CT molecular complexity index is 685. The third-order valence-electron chi connectivity index (χ3n) is 3.86. The van der Waals surface area contributed by atoms with Crippen LogP contribution in [0.5, 0.6) is 0 Å². The quantitative estimate of drug-likeness (QED) is 0.876. The van der Waals surface area contributed by atoms with Crippen molar-refractivity contribution in [3.63, 3.8) is 0 Å². The molecule has 4 heteroatoms. The number of benzene rings is 1. The summed E-state index contributed by atoms with van der Waals surface area (Å²) >= 11 is 0. The monoisotopic (exact) mass is 270 g/mol. The molecule has 1 unspecified atom stereocenters. The minimum atomic E-state index is -0.685. The number of carbonyl (C=O) groups is 1. The van der Waals surface area contributed by atoms with E-state index in [-0.39, 0.29) is 6.10 Å². The summed E-state index contributed by atoms with van der Waals surface area (Å²) in [5.74, 6) is 0. The number of primary amides is 1. The van der Waals surface area contributed by atoms with Crippen molar-refractivity contribution in [2.24, 2.45) is 5.73 Å². The summed E-state index contributed by atoms with van der Waals surface area (Å²) in [4.78, 5) is 14.2. The zero-order valence-electron chi connectivity index (χ0n) is 11.5. The fraction of sp³-hybridized carbons (Fsp3) is 0.312. The third kappa shape index (κ3) is 2.29. The smallest absolute Gasteiger partial charge is 0.404 e. The summed E-state index contributed by atoms with van der Waals surface area (Å²) in [5.41, 5.74) is 10.0. The molecule has 0 saturated carbocycles. The van der Waals surface area contributed by atoms with E-state index in [1.807, 2.05) is 6.07 Å². The van der Waals surface area contributed by atoms with Gasteiger partial charge < -0.3 is 15.5 Å². The van der Waals surface area contributed by atoms with Gasteiger partial charge in [0.1, 0.15) is 6.10 Å². The molecule has 1 atom stereocenters. The van der Waals surface area contributed by atoms with Gasteiger partial charge in [-0.25, -0.2) is 4.79 Å². The predicted molar refractivity (Wildman–Crippen MR) is 79.3 cm³/mol. The molecule has 0 bridgehead atoms. The van der Waals surface area contributed by atoms with E-state index in [1.54, 1.807) is 0 Å². The van der Waals surface area contributed by atoms with Gasteiger partial charge in [-0.05, 0) is 31.4 Å². The minimum absolute atomic E-state index is 0.0817. The number of aromatic nitrogens is 1. The summed E-state index contributed by atoms with van der Waals surface area (Å²) < 4.78 is 5.06. The number of H-pyrrole nitrogens is 1. The number of fused-ring (bicyclic) bond motifs is 1. The Hall–Kier alpha value is -2.23. The second-order valence-electron chi connectivity index (χ2n) is 5.23. The van der Waals surface area contributed by atoms with Crippen LogP contribution >= 0.6 is 0 Å². The highest BCUT2D eigenvalue weighted by Crippen LogP contribution is 2.34. The van der Waals surface area contributed by atoms with Gasteiger partial charge in [-0.15, -0.1) is 0 Å². The average molecular weight is 270 g/mol. The molecule has 1 heterocycles. The number of ether oxygens (including phenoxy) is 1. The third-order valence-corrected chi connectivity index (χ3v) is 3.86. The van der Waals surface area contributed by atoms with E-state index in [1.165, 1.54) is 22.2 Å². The lowest BCUT2D eigenvalue weighted by molar-refractivity contribution is 0.102. The van der Waals surface area contributed by atoms with Crippen molar-refractivity contribution in [1.29, 1.82) is 0 Å². The molecular formula is C16H18N2O2. The number of allylic oxidation sites excluding steroid dienone is 1. The molecule has 0 spiro atoms. The van der Waals surface area contributed by atoms with Gasteiger partial charge in [0.05, 0.1) is 0 Å². The lowest BCUT2D eigenvalue weighted by Crippen LogP contribution is -2.24. The standard InChI is InChI=1S/C16H18N2O2/c1-10-15(13-4-2-3-5-14(13)18-10)11-6-8-12(9-7-11)20-16(17)19/h2-6,12,18H,7-9H2,1H3,(H2,17,19). The van der Waals surface area contributed by atoms with Crippen LogP contribution in [0, 0.1) is 6.92 Å². The van der Waals surface area contributed by atoms with Crippen LogP contribution in [0.25, 0.3) is 16.5 Å². The summed E-state index contributed by atoms with van der Waals surface area (Å²) in [6.07, 6.45) is 3.86. The number of para-hydroxylation sites is 1. The van der Waals surface area contributed by atoms with Crippen LogP contribution in [0.2, 0.25) is 0 Å². The topological polar surface area (TPSA) is 68.1 Å². The van der Waals surface area contributed by atoms with Crippen molar-refractivity contribution in [3.8, 4) is 0 Å². The van der Waals surface area contributed by atoms with Crippen LogP contribution in [-0.2, 0) is 4.74 Å². The maximum atomic E-state index is 10.8. The number of carbonyl (C=O) groups excluding carboxylic acids is 1. The Morgan fingerprint density at radius 2 is 2.20 bits per heavy atom. The number of aryl methyl sites for hydroxylation is 1. The van der Waals surface area contributed by atoms with Crippen molar-refractivity contribution in [2.75, 3.05) is 0 Å². The summed E-state index contributed by atoms with van der Waals surface area (Å²) in [6.45, 7) is 2.10. The zero-order valence-corrected chi connectivity index (χ0v) is 11.5. The molecule has 0 radical (unpaired) electrons. The van der Waals surface area contributed by atoms with E-state index >= 15 is 0 Å². The molecule has 1 aromatic heterocycles. The van der Waals surface area contributed by atoms with Crippen molar-refractivity contribution in [2.45, 2.75) is 32.3 Å². The van der Waals surface area contributed by atoms with Crippen molar-refractivity contribution in [3.05, 3.63) is 41.6 Å². The number of hydrogen-bond donors (Lipinski definition) is 2. The fourth-order valence-electron chi connectivity index (χ4n) is 3.00. The molecule has 1 amide bonds. The molecule has 0 aliphatic heterocycles. The molecule has 3 rings (SSSR count). The number of amides is 1. The van der Waals surface area contributed by atoms with Gasteiger partial charge in [-0.2, -0.15) is 0 Å². The molecule has 0 fully saturated rings. The first-order valence-electron chi connectivity index (χ1n) is 6.88. The van der Waals surface area contributed by atoms with Gasteiger partial charge in [-0.1, -0.05) is 24.3 Å². The molecule has 2 aromatic rings. The van der Waals surface area contributed by atoms with Crippen LogP contribution in [0.3, 0.4) is 0 Å². The molecule has 0 saturated heterocycles. The first-order chi connectivity index (χ1) is 9.65. The second-order valence-corrected chi connectivity index (χ2v) is 5.23. The number of aromatic amines is 1. The highest BCUT2D eigenvalue weighted by molar-refractivity contribution is 5.94. The van der Waals surface area contributed by atoms with Crippen molar-refractivity contribution in [1.82, 2.24) is 4.98 Å². The first-order valence-corrected chi connectivity index (χ1v) is 6.88. The van der Waals surface area contributed by atoms with E-state index in [0.29, 0.717) is 0 Å². The van der Waals surface area contributed by atoms with Gasteiger partial charge in [0, 0.05) is 28.6 Å². The van der Waals surface area contributed by atoms with Crippen molar-refractivity contribution >= 4 is 22.6 Å². The average Bonchev–Trinajstić information content (AvgIpc) is 2.75. The Labute approximate surface area is 117 Å². The Kier molecular flexibility index (Phi) is 3.22. The number of rotatable bonds is 2. The highest BCUT2D eigenvalue weighted by Gasteiger charge is 2.20. The Morgan fingerprint density at radius 1 is 1.40 bits per heavy atom. The van der Waals surface area contributed by atoms with Crippen LogP contribution in [-0.4, -0.2) is 17.2 Å². The van der Waals surface area contributed by atoms with Gasteiger partial charge in [0.25, 0.3) is 0 Å².